The molecule has 1 aliphatic heterocycles. The van der Waals surface area contributed by atoms with E-state index >= 15 is 0 Å². The van der Waals surface area contributed by atoms with Gasteiger partial charge in [-0.3, -0.25) is 14.4 Å². The van der Waals surface area contributed by atoms with Crippen molar-refractivity contribution in [1.82, 2.24) is 5.32 Å². The highest BCUT2D eigenvalue weighted by molar-refractivity contribution is 5.88. The summed E-state index contributed by atoms with van der Waals surface area (Å²) < 4.78 is 5.52. The van der Waals surface area contributed by atoms with Gasteiger partial charge in [-0.1, -0.05) is 111 Å². The van der Waals surface area contributed by atoms with Crippen LogP contribution >= 0.6 is 0 Å². The Morgan fingerprint density at radius 1 is 0.912 bits per heavy atom. The summed E-state index contributed by atoms with van der Waals surface area (Å²) in [6.07, 6.45) is 19.2. The maximum atomic E-state index is 13.4. The summed E-state index contributed by atoms with van der Waals surface area (Å²) in [6.45, 7) is 8.57. The Hall–Kier alpha value is -1.39. The summed E-state index contributed by atoms with van der Waals surface area (Å²) in [5.74, 6) is 0.131. The first kappa shape index (κ1) is 30.6. The Bertz CT molecular complexity index is 562. The second-order valence-corrected chi connectivity index (χ2v) is 10.8. The largest absolute Gasteiger partial charge is 0.461 e. The minimum absolute atomic E-state index is 0.0575. The summed E-state index contributed by atoms with van der Waals surface area (Å²) >= 11 is 0. The lowest BCUT2D eigenvalue weighted by Gasteiger charge is -2.37. The first-order chi connectivity index (χ1) is 16.4. The van der Waals surface area contributed by atoms with Gasteiger partial charge < -0.3 is 10.1 Å². The average Bonchev–Trinajstić information content (AvgIpc) is 2.80. The number of amides is 1. The van der Waals surface area contributed by atoms with E-state index in [0.717, 1.165) is 38.5 Å². The van der Waals surface area contributed by atoms with Crippen LogP contribution < -0.4 is 5.32 Å². The van der Waals surface area contributed by atoms with E-state index in [0.29, 0.717) is 25.2 Å². The molecule has 4 atom stereocenters. The fourth-order valence-electron chi connectivity index (χ4n) is 5.17. The molecule has 0 bridgehead atoms. The van der Waals surface area contributed by atoms with E-state index < -0.39 is 6.04 Å². The molecular weight excluding hydrogens is 426 g/mol. The van der Waals surface area contributed by atoms with Crippen molar-refractivity contribution in [3.63, 3.8) is 0 Å². The van der Waals surface area contributed by atoms with Gasteiger partial charge >= 0.3 is 5.97 Å². The molecule has 1 rings (SSSR count). The Labute approximate surface area is 209 Å². The van der Waals surface area contributed by atoms with Crippen molar-refractivity contribution in [3.8, 4) is 0 Å². The van der Waals surface area contributed by atoms with E-state index in [1.54, 1.807) is 0 Å². The third-order valence-corrected chi connectivity index (χ3v) is 7.28. The quantitative estimate of drug-likeness (QED) is 0.0959. The molecule has 0 spiro atoms. The normalized spacial score (nSPS) is 19.4. The molecule has 0 aromatic heterocycles. The van der Waals surface area contributed by atoms with Gasteiger partial charge in [-0.25, -0.2) is 0 Å². The van der Waals surface area contributed by atoms with E-state index in [2.05, 4.69) is 33.0 Å². The summed E-state index contributed by atoms with van der Waals surface area (Å²) in [7, 11) is 0. The van der Waals surface area contributed by atoms with Crippen molar-refractivity contribution < 1.29 is 19.1 Å². The summed E-state index contributed by atoms with van der Waals surface area (Å²) in [6, 6.07) is -0.445. The molecule has 0 unspecified atom stereocenters. The zero-order chi connectivity index (χ0) is 25.2. The molecule has 1 aliphatic rings. The number of Topliss-reactive ketones (excluding diaryl/α,β-unsaturated/α-hetero) is 1. The molecule has 1 N–H and O–H groups in total. The lowest BCUT2D eigenvalue weighted by molar-refractivity contribution is -0.188. The van der Waals surface area contributed by atoms with Gasteiger partial charge in [-0.2, -0.15) is 0 Å². The van der Waals surface area contributed by atoms with Gasteiger partial charge in [0.05, 0.1) is 12.0 Å². The molecule has 0 radical (unpaired) electrons. The van der Waals surface area contributed by atoms with Crippen LogP contribution in [0, 0.1) is 17.8 Å². The number of nitrogens with one attached hydrogen (secondary N) is 1. The Balaban J connectivity index is 2.61. The third-order valence-electron chi connectivity index (χ3n) is 7.28. The number of hydrogen-bond acceptors (Lipinski definition) is 4. The molecule has 1 heterocycles. The lowest BCUT2D eigenvalue weighted by atomic mass is 9.79. The second kappa shape index (κ2) is 18.9. The second-order valence-electron chi connectivity index (χ2n) is 10.8. The van der Waals surface area contributed by atoms with E-state index in [-0.39, 0.29) is 29.7 Å². The number of cyclic esters (lactones) is 1. The van der Waals surface area contributed by atoms with Crippen LogP contribution in [0.25, 0.3) is 0 Å². The maximum Gasteiger partial charge on any atom is 0.313 e. The zero-order valence-electron chi connectivity index (χ0n) is 22.6. The van der Waals surface area contributed by atoms with Gasteiger partial charge in [0.1, 0.15) is 6.10 Å². The SMILES string of the molecule is CCCCCCCCCCC[C@@H](C[C@@H]1OC(=O)[C@H]1CCCCCC)C(=O)[C@H](CC(C)C)NC=O. The fourth-order valence-corrected chi connectivity index (χ4v) is 5.17. The summed E-state index contributed by atoms with van der Waals surface area (Å²) in [5, 5.41) is 2.77. The molecule has 0 aromatic rings. The zero-order valence-corrected chi connectivity index (χ0v) is 22.6. The topological polar surface area (TPSA) is 72.5 Å². The minimum Gasteiger partial charge on any atom is -0.461 e. The standard InChI is InChI=1S/C29H53NO4/c1-5-7-9-11-12-13-14-15-16-18-24(28(32)26(30-22-31)20-23(3)4)21-27-25(29(33)34-27)19-17-10-8-6-2/h22-27H,5-21H2,1-4H3,(H,30,31)/t24-,25-,26-,27-/m0/s1. The highest BCUT2D eigenvalue weighted by Gasteiger charge is 2.44. The van der Waals surface area contributed by atoms with Gasteiger partial charge in [-0.15, -0.1) is 0 Å². The minimum atomic E-state index is -0.445. The molecule has 34 heavy (non-hydrogen) atoms. The summed E-state index contributed by atoms with van der Waals surface area (Å²) in [4.78, 5) is 36.7. The number of rotatable bonds is 23. The van der Waals surface area contributed by atoms with Crippen LogP contribution in [-0.2, 0) is 19.1 Å². The van der Waals surface area contributed by atoms with Gasteiger partial charge in [0, 0.05) is 5.92 Å². The van der Waals surface area contributed by atoms with Crippen LogP contribution in [0.15, 0.2) is 0 Å². The van der Waals surface area contributed by atoms with Gasteiger partial charge in [-0.05, 0) is 31.6 Å². The van der Waals surface area contributed by atoms with Crippen LogP contribution in [0.2, 0.25) is 0 Å². The molecule has 0 aromatic carbocycles. The van der Waals surface area contributed by atoms with Crippen LogP contribution in [0.3, 0.4) is 0 Å². The van der Waals surface area contributed by atoms with Crippen LogP contribution in [0.4, 0.5) is 0 Å². The van der Waals surface area contributed by atoms with E-state index in [9.17, 15) is 14.4 Å². The molecule has 198 valence electrons. The monoisotopic (exact) mass is 479 g/mol. The fraction of sp³-hybridized carbons (Fsp3) is 0.897. The van der Waals surface area contributed by atoms with Crippen molar-refractivity contribution in [2.24, 2.45) is 17.8 Å². The number of ketones is 1. The third kappa shape index (κ3) is 12.4. The molecule has 0 aliphatic carbocycles. The van der Waals surface area contributed by atoms with Crippen molar-refractivity contribution in [3.05, 3.63) is 0 Å². The highest BCUT2D eigenvalue weighted by atomic mass is 16.6. The molecule has 5 heteroatoms. The Kier molecular flexibility index (Phi) is 17.0. The van der Waals surface area contributed by atoms with Crippen LogP contribution in [0.1, 0.15) is 137 Å². The highest BCUT2D eigenvalue weighted by Crippen LogP contribution is 2.34. The Morgan fingerprint density at radius 3 is 2.00 bits per heavy atom. The predicted octanol–water partition coefficient (Wildman–Crippen LogP) is 7.16. The number of ether oxygens (including phenoxy) is 1. The van der Waals surface area contributed by atoms with Crippen LogP contribution in [0.5, 0.6) is 0 Å². The van der Waals surface area contributed by atoms with E-state index in [4.69, 9.17) is 4.74 Å². The van der Waals surface area contributed by atoms with Crippen molar-refractivity contribution in [2.75, 3.05) is 0 Å². The first-order valence-electron chi connectivity index (χ1n) is 14.4. The molecule has 1 fully saturated rings. The van der Waals surface area contributed by atoms with Crippen molar-refractivity contribution in [1.29, 1.82) is 0 Å². The number of carbonyl (C=O) groups excluding carboxylic acids is 3. The lowest BCUT2D eigenvalue weighted by Crippen LogP contribution is -2.48. The first-order valence-corrected chi connectivity index (χ1v) is 14.4. The van der Waals surface area contributed by atoms with Gasteiger partial charge in [0.25, 0.3) is 0 Å². The van der Waals surface area contributed by atoms with E-state index in [1.807, 2.05) is 0 Å². The molecule has 1 amide bonds. The summed E-state index contributed by atoms with van der Waals surface area (Å²) in [5.41, 5.74) is 0. The molecule has 1 saturated heterocycles. The Morgan fingerprint density at radius 2 is 1.47 bits per heavy atom. The smallest absolute Gasteiger partial charge is 0.313 e. The molecular formula is C29H53NO4. The van der Waals surface area contributed by atoms with Gasteiger partial charge in [0.2, 0.25) is 6.41 Å². The maximum absolute atomic E-state index is 13.4. The van der Waals surface area contributed by atoms with Gasteiger partial charge in [0.15, 0.2) is 5.78 Å². The number of carbonyl (C=O) groups is 3. The van der Waals surface area contributed by atoms with Crippen molar-refractivity contribution in [2.45, 2.75) is 149 Å². The predicted molar refractivity (Wildman–Crippen MR) is 140 cm³/mol. The molecule has 5 nitrogen and oxygen atoms in total. The number of unbranched alkanes of at least 4 members (excludes halogenated alkanes) is 11. The average molecular weight is 480 g/mol. The van der Waals surface area contributed by atoms with E-state index in [1.165, 1.54) is 57.8 Å². The molecule has 0 saturated carbocycles. The number of esters is 1. The van der Waals surface area contributed by atoms with Crippen molar-refractivity contribution >= 4 is 18.2 Å². The number of hydrogen-bond donors (Lipinski definition) is 1. The van der Waals surface area contributed by atoms with Crippen LogP contribution in [-0.4, -0.2) is 30.3 Å².